The zero-order chi connectivity index (χ0) is 11.5. The molecule has 0 saturated heterocycles. The summed E-state index contributed by atoms with van der Waals surface area (Å²) in [6.45, 7) is 0. The van der Waals surface area contributed by atoms with Crippen LogP contribution in [0.3, 0.4) is 0 Å². The first-order valence-electron chi connectivity index (χ1n) is 4.76. The molecular formula is C12H10I2N2+2. The van der Waals surface area contributed by atoms with E-state index in [0.717, 1.165) is 0 Å². The molecule has 1 aliphatic rings. The highest BCUT2D eigenvalue weighted by Gasteiger charge is 2.17. The second kappa shape index (κ2) is 5.25. The highest BCUT2D eigenvalue weighted by atomic mass is 127. The molecule has 0 atom stereocenters. The molecule has 2 nitrogen and oxygen atoms in total. The van der Waals surface area contributed by atoms with Crippen molar-refractivity contribution in [3.05, 3.63) is 51.9 Å². The molecule has 2 rings (SSSR count). The predicted molar refractivity (Wildman–Crippen MR) is 82.4 cm³/mol. The van der Waals surface area contributed by atoms with Crippen molar-refractivity contribution in [1.82, 2.24) is 0 Å². The minimum Gasteiger partial charge on any atom is -0.154 e. The molecule has 1 heterocycles. The molecule has 0 radical (unpaired) electrons. The van der Waals surface area contributed by atoms with E-state index < -0.39 is 0 Å². The van der Waals surface area contributed by atoms with Gasteiger partial charge in [0, 0.05) is 3.57 Å². The Bertz CT molecular complexity index is 550. The van der Waals surface area contributed by atoms with E-state index in [-0.39, 0.29) is 0 Å². The van der Waals surface area contributed by atoms with Crippen LogP contribution in [0.5, 0.6) is 0 Å². The second-order valence-electron chi connectivity index (χ2n) is 3.36. The maximum atomic E-state index is 3.13. The maximum absolute atomic E-state index is 3.13. The average molecular weight is 436 g/mol. The summed E-state index contributed by atoms with van der Waals surface area (Å²) in [5, 5.41) is 0. The molecule has 1 aromatic carbocycles. The number of hydrogen-bond donors (Lipinski definition) is 0. The van der Waals surface area contributed by atoms with Gasteiger partial charge in [-0.05, 0) is 34.7 Å². The summed E-state index contributed by atoms with van der Waals surface area (Å²) < 4.78 is 5.21. The standard InChI is InChI=1S/C12H10I2N2/c1-15-7-6-12(16(14)9-8-15)10-4-2-3-5-11(10)13/h2-7,9H,1H3/q+2. The van der Waals surface area contributed by atoms with Crippen LogP contribution in [-0.2, 0) is 0 Å². The molecule has 0 spiro atoms. The van der Waals surface area contributed by atoms with Gasteiger partial charge in [-0.1, -0.05) is 12.1 Å². The summed E-state index contributed by atoms with van der Waals surface area (Å²) in [6, 6.07) is 8.36. The lowest BCUT2D eigenvalue weighted by molar-refractivity contribution is -0.414. The van der Waals surface area contributed by atoms with E-state index in [0.29, 0.717) is 0 Å². The highest BCUT2D eigenvalue weighted by Crippen LogP contribution is 2.15. The zero-order valence-corrected chi connectivity index (χ0v) is 13.0. The minimum absolute atomic E-state index is 1.17. The molecule has 1 aromatic rings. The van der Waals surface area contributed by atoms with Gasteiger partial charge in [0.2, 0.25) is 11.6 Å². The van der Waals surface area contributed by atoms with Gasteiger partial charge in [-0.15, -0.1) is 2.79 Å². The Balaban J connectivity index is 2.56. The van der Waals surface area contributed by atoms with E-state index in [1.54, 1.807) is 0 Å². The van der Waals surface area contributed by atoms with Crippen molar-refractivity contribution in [2.24, 2.45) is 0 Å². The van der Waals surface area contributed by atoms with Crippen LogP contribution in [0.2, 0.25) is 0 Å². The number of halogens is 2. The third-order valence-corrected chi connectivity index (χ3v) is 3.95. The molecular weight excluding hydrogens is 426 g/mol. The van der Waals surface area contributed by atoms with Gasteiger partial charge in [0.25, 0.3) is 6.20 Å². The number of allylic oxidation sites excluding steroid dienone is 1. The van der Waals surface area contributed by atoms with E-state index >= 15 is 0 Å². The zero-order valence-electron chi connectivity index (χ0n) is 8.69. The Labute approximate surface area is 122 Å². The molecule has 0 amide bonds. The molecule has 0 saturated carbocycles. The number of hydrogen-bond acceptors (Lipinski definition) is 0. The van der Waals surface area contributed by atoms with Crippen molar-refractivity contribution in [2.75, 3.05) is 7.05 Å². The summed E-state index contributed by atoms with van der Waals surface area (Å²) in [5.74, 6) is 3.13. The number of benzene rings is 1. The maximum Gasteiger partial charge on any atom is 0.355 e. The molecule has 0 N–H and O–H groups in total. The molecule has 80 valence electrons. The fourth-order valence-electron chi connectivity index (χ4n) is 1.38. The quantitative estimate of drug-likeness (QED) is 0.363. The van der Waals surface area contributed by atoms with Gasteiger partial charge < -0.3 is 0 Å². The van der Waals surface area contributed by atoms with Crippen molar-refractivity contribution < 1.29 is 7.36 Å². The lowest BCUT2D eigenvalue weighted by atomic mass is 10.1. The Kier molecular flexibility index (Phi) is 3.94. The van der Waals surface area contributed by atoms with Crippen molar-refractivity contribution in [1.29, 1.82) is 0 Å². The van der Waals surface area contributed by atoms with Crippen molar-refractivity contribution >= 4 is 57.0 Å². The van der Waals surface area contributed by atoms with Gasteiger partial charge in [0.05, 0.1) is 11.6 Å². The topological polar surface area (TPSA) is 6.02 Å². The SMILES string of the molecule is C[N+]1=C=C[N+](I)=C(c2ccccc2I)C=C1. The van der Waals surface area contributed by atoms with Crippen LogP contribution in [0.1, 0.15) is 5.56 Å². The molecule has 0 unspecified atom stereocenters. The summed E-state index contributed by atoms with van der Waals surface area (Å²) in [7, 11) is 1.97. The fourth-order valence-corrected chi connectivity index (χ4v) is 2.59. The van der Waals surface area contributed by atoms with Crippen LogP contribution in [0.15, 0.2) is 42.7 Å². The summed E-state index contributed by atoms with van der Waals surface area (Å²) in [4.78, 5) is 0. The van der Waals surface area contributed by atoms with Crippen molar-refractivity contribution in [3.8, 4) is 0 Å². The highest BCUT2D eigenvalue weighted by molar-refractivity contribution is 14.1. The Morgan fingerprint density at radius 3 is 2.75 bits per heavy atom. The Morgan fingerprint density at radius 1 is 1.25 bits per heavy atom. The van der Waals surface area contributed by atoms with Crippen LogP contribution < -0.4 is 0 Å². The van der Waals surface area contributed by atoms with Gasteiger partial charge in [0.1, 0.15) is 7.05 Å². The molecule has 1 aliphatic heterocycles. The molecule has 16 heavy (non-hydrogen) atoms. The minimum atomic E-state index is 1.17. The van der Waals surface area contributed by atoms with Crippen molar-refractivity contribution in [2.45, 2.75) is 0 Å². The van der Waals surface area contributed by atoms with E-state index in [1.807, 2.05) is 24.0 Å². The normalized spacial score (nSPS) is 15.1. The van der Waals surface area contributed by atoms with Gasteiger partial charge in [-0.2, -0.15) is 4.58 Å². The second-order valence-corrected chi connectivity index (χ2v) is 5.56. The first-order chi connectivity index (χ1) is 7.68. The van der Waals surface area contributed by atoms with Crippen LogP contribution >= 0.6 is 45.5 Å². The third kappa shape index (κ3) is 2.61. The molecule has 0 fully saturated rings. The van der Waals surface area contributed by atoms with Crippen LogP contribution in [-0.4, -0.2) is 26.0 Å². The summed E-state index contributed by atoms with van der Waals surface area (Å²) >= 11 is 4.63. The van der Waals surface area contributed by atoms with E-state index in [2.05, 4.69) is 84.5 Å². The van der Waals surface area contributed by atoms with Crippen LogP contribution in [0.25, 0.3) is 0 Å². The monoisotopic (exact) mass is 436 g/mol. The fraction of sp³-hybridized carbons (Fsp3) is 0.0833. The Hall–Kier alpha value is -0.460. The smallest absolute Gasteiger partial charge is 0.154 e. The largest absolute Gasteiger partial charge is 0.355 e. The first kappa shape index (κ1) is 12.0. The third-order valence-electron chi connectivity index (χ3n) is 2.21. The molecule has 0 aromatic heterocycles. The first-order valence-corrected chi connectivity index (χ1v) is 6.80. The van der Waals surface area contributed by atoms with Crippen LogP contribution in [0.4, 0.5) is 0 Å². The van der Waals surface area contributed by atoms with Gasteiger partial charge in [-0.25, -0.2) is 0 Å². The lowest BCUT2D eigenvalue weighted by Gasteiger charge is -1.99. The average Bonchev–Trinajstić information content (AvgIpc) is 2.43. The Morgan fingerprint density at radius 2 is 2.00 bits per heavy atom. The molecule has 0 bridgehead atoms. The summed E-state index contributed by atoms with van der Waals surface area (Å²) in [6.07, 6.45) is 6.03. The van der Waals surface area contributed by atoms with Crippen molar-refractivity contribution in [3.63, 3.8) is 0 Å². The number of rotatable bonds is 1. The van der Waals surface area contributed by atoms with Gasteiger partial charge in [0.15, 0.2) is 6.20 Å². The lowest BCUT2D eigenvalue weighted by Crippen LogP contribution is -2.08. The number of nitrogens with zero attached hydrogens (tertiary/aromatic N) is 2. The molecule has 4 heteroatoms. The van der Waals surface area contributed by atoms with E-state index in [1.165, 1.54) is 14.8 Å². The van der Waals surface area contributed by atoms with Gasteiger partial charge >= 0.3 is 22.9 Å². The molecule has 0 aliphatic carbocycles. The van der Waals surface area contributed by atoms with E-state index in [9.17, 15) is 0 Å². The summed E-state index contributed by atoms with van der Waals surface area (Å²) in [5.41, 5.74) is 2.41. The van der Waals surface area contributed by atoms with E-state index in [4.69, 9.17) is 0 Å². The van der Waals surface area contributed by atoms with Gasteiger partial charge in [-0.3, -0.25) is 0 Å². The van der Waals surface area contributed by atoms with Crippen LogP contribution in [0, 0.1) is 3.57 Å². The predicted octanol–water partition coefficient (Wildman–Crippen LogP) is 2.80.